The molecule has 0 bridgehead atoms. The van der Waals surface area contributed by atoms with Crippen molar-refractivity contribution in [2.45, 2.75) is 0 Å². The highest BCUT2D eigenvalue weighted by Crippen LogP contribution is 2.45. The third kappa shape index (κ3) is 7.02. The molecule has 0 N–H and O–H groups in total. The maximum atomic E-state index is 7.96. The minimum atomic E-state index is 0.573. The monoisotopic (exact) mass is 803 g/mol. The molecule has 2 heterocycles. The molecule has 0 saturated carbocycles. The number of fused-ring (bicyclic) bond motifs is 3. The first-order valence-electron chi connectivity index (χ1n) is 21.0. The van der Waals surface area contributed by atoms with E-state index in [1.165, 1.54) is 0 Å². The van der Waals surface area contributed by atoms with Crippen molar-refractivity contribution < 1.29 is 0 Å². The summed E-state index contributed by atoms with van der Waals surface area (Å²) in [6.45, 7) is 7.96. The fourth-order valence-electron chi connectivity index (χ4n) is 8.60. The minimum Gasteiger partial charge on any atom is -0.308 e. The third-order valence-electron chi connectivity index (χ3n) is 11.7. The van der Waals surface area contributed by atoms with Gasteiger partial charge in [-0.15, -0.1) is 0 Å². The summed E-state index contributed by atoms with van der Waals surface area (Å²) in [5, 5.41) is 2.10. The number of hydrogen-bond acceptors (Lipinski definition) is 3. The van der Waals surface area contributed by atoms with Gasteiger partial charge in [0.1, 0.15) is 0 Å². The average Bonchev–Trinajstić information content (AvgIpc) is 3.69. The Bertz CT molecular complexity index is 3410. The SMILES string of the molecule is [C-]#[N+]c1ccc2c(c1)c1cc(-c3ccccc3)ccc1n2-c1c(-c2ccccc2)cc(-c2nc(-c3ccccc3)nc(-c3ccc(-c4ccccc4)cc3)n2)cc1-c1ccccc1. The smallest absolute Gasteiger partial charge is 0.188 e. The number of rotatable bonds is 8. The molecule has 0 spiro atoms. The Hall–Kier alpha value is -8.72. The lowest BCUT2D eigenvalue weighted by molar-refractivity contribution is 1.07. The van der Waals surface area contributed by atoms with Crippen LogP contribution in [0.25, 0.3) is 111 Å². The van der Waals surface area contributed by atoms with Gasteiger partial charge in [0.25, 0.3) is 0 Å². The highest BCUT2D eigenvalue weighted by Gasteiger charge is 2.23. The summed E-state index contributed by atoms with van der Waals surface area (Å²) in [5.74, 6) is 1.77. The van der Waals surface area contributed by atoms with Gasteiger partial charge in [0.05, 0.1) is 23.3 Å². The molecular formula is C58H37N5. The molecule has 63 heavy (non-hydrogen) atoms. The molecule has 0 aliphatic carbocycles. The van der Waals surface area contributed by atoms with Gasteiger partial charge in [-0.3, -0.25) is 0 Å². The van der Waals surface area contributed by atoms with Crippen LogP contribution in [0, 0.1) is 6.57 Å². The molecule has 11 rings (SSSR count). The molecule has 5 heteroatoms. The molecule has 0 atom stereocenters. The molecule has 2 aromatic heterocycles. The number of hydrogen-bond donors (Lipinski definition) is 0. The lowest BCUT2D eigenvalue weighted by atomic mass is 9.92. The highest BCUT2D eigenvalue weighted by atomic mass is 15.0. The molecule has 0 fully saturated rings. The van der Waals surface area contributed by atoms with E-state index < -0.39 is 0 Å². The van der Waals surface area contributed by atoms with Gasteiger partial charge in [-0.25, -0.2) is 19.8 Å². The average molecular weight is 804 g/mol. The third-order valence-corrected chi connectivity index (χ3v) is 11.7. The summed E-state index contributed by atoms with van der Waals surface area (Å²) in [6, 6.07) is 77.7. The van der Waals surface area contributed by atoms with Crippen LogP contribution in [0.2, 0.25) is 0 Å². The summed E-state index contributed by atoms with van der Waals surface area (Å²) in [5.41, 5.74) is 15.0. The number of benzene rings is 9. The maximum absolute atomic E-state index is 7.96. The first-order chi connectivity index (χ1) is 31.2. The van der Waals surface area contributed by atoms with Crippen LogP contribution >= 0.6 is 0 Å². The molecule has 0 aliphatic rings. The molecule has 0 unspecified atom stereocenters. The summed E-state index contributed by atoms with van der Waals surface area (Å²) < 4.78 is 2.38. The molecule has 5 nitrogen and oxygen atoms in total. The Morgan fingerprint density at radius 1 is 0.317 bits per heavy atom. The van der Waals surface area contributed by atoms with Crippen molar-refractivity contribution in [1.82, 2.24) is 19.5 Å². The Labute approximate surface area is 365 Å². The summed E-state index contributed by atoms with van der Waals surface area (Å²) >= 11 is 0. The second-order valence-corrected chi connectivity index (χ2v) is 15.5. The molecule has 294 valence electrons. The van der Waals surface area contributed by atoms with Crippen LogP contribution < -0.4 is 0 Å². The second kappa shape index (κ2) is 16.0. The maximum Gasteiger partial charge on any atom is 0.188 e. The van der Waals surface area contributed by atoms with E-state index >= 15 is 0 Å². The van der Waals surface area contributed by atoms with Crippen LogP contribution in [0.15, 0.2) is 224 Å². The normalized spacial score (nSPS) is 11.2. The van der Waals surface area contributed by atoms with Crippen LogP contribution in [0.3, 0.4) is 0 Å². The fraction of sp³-hybridized carbons (Fsp3) is 0. The quantitative estimate of drug-likeness (QED) is 0.144. The predicted octanol–water partition coefficient (Wildman–Crippen LogP) is 15.2. The molecule has 11 aromatic rings. The fourth-order valence-corrected chi connectivity index (χ4v) is 8.60. The van der Waals surface area contributed by atoms with Gasteiger partial charge in [-0.05, 0) is 75.2 Å². The first kappa shape index (κ1) is 37.3. The van der Waals surface area contributed by atoms with Crippen molar-refractivity contribution in [3.05, 3.63) is 236 Å². The zero-order valence-electron chi connectivity index (χ0n) is 34.1. The zero-order valence-corrected chi connectivity index (χ0v) is 34.1. The van der Waals surface area contributed by atoms with Crippen molar-refractivity contribution in [2.24, 2.45) is 0 Å². The second-order valence-electron chi connectivity index (χ2n) is 15.5. The molecule has 0 amide bonds. The van der Waals surface area contributed by atoms with E-state index in [0.29, 0.717) is 23.2 Å². The predicted molar refractivity (Wildman–Crippen MR) is 258 cm³/mol. The van der Waals surface area contributed by atoms with Crippen molar-refractivity contribution in [1.29, 1.82) is 0 Å². The van der Waals surface area contributed by atoms with Crippen molar-refractivity contribution in [3.63, 3.8) is 0 Å². The van der Waals surface area contributed by atoms with Gasteiger partial charge < -0.3 is 4.57 Å². The van der Waals surface area contributed by atoms with Crippen LogP contribution in [0.5, 0.6) is 0 Å². The largest absolute Gasteiger partial charge is 0.308 e. The Morgan fingerprint density at radius 3 is 1.19 bits per heavy atom. The van der Waals surface area contributed by atoms with Crippen LogP contribution in [0.4, 0.5) is 5.69 Å². The molecular weight excluding hydrogens is 767 g/mol. The standard InChI is InChI=1S/C58H37N5/c1-59-48-32-34-54-52(38-48)51-35-46(40-19-9-3-10-20-40)31-33-53(51)63(54)55-49(42-21-11-4-12-22-42)36-47(37-50(55)43-23-13-5-14-24-43)58-61-56(44-25-15-6-16-26-44)60-57(62-58)45-29-27-41(28-30-45)39-17-7-2-8-18-39/h2-38H. The van der Waals surface area contributed by atoms with Crippen LogP contribution in [-0.4, -0.2) is 19.5 Å². The van der Waals surface area contributed by atoms with E-state index in [4.69, 9.17) is 21.5 Å². The van der Waals surface area contributed by atoms with Crippen LogP contribution in [-0.2, 0) is 0 Å². The topological polar surface area (TPSA) is 48.0 Å². The van der Waals surface area contributed by atoms with Gasteiger partial charge >= 0.3 is 0 Å². The summed E-state index contributed by atoms with van der Waals surface area (Å²) in [4.78, 5) is 19.4. The lowest BCUT2D eigenvalue weighted by Crippen LogP contribution is -2.04. The number of aromatic nitrogens is 4. The van der Waals surface area contributed by atoms with E-state index in [-0.39, 0.29) is 0 Å². The van der Waals surface area contributed by atoms with Gasteiger partial charge in [-0.1, -0.05) is 188 Å². The Balaban J connectivity index is 1.19. The van der Waals surface area contributed by atoms with Crippen molar-refractivity contribution >= 4 is 27.5 Å². The highest BCUT2D eigenvalue weighted by molar-refractivity contribution is 6.13. The Kier molecular flexibility index (Phi) is 9.50. The van der Waals surface area contributed by atoms with Gasteiger partial charge in [0.2, 0.25) is 0 Å². The van der Waals surface area contributed by atoms with E-state index in [1.54, 1.807) is 0 Å². The summed E-state index contributed by atoms with van der Waals surface area (Å²) in [7, 11) is 0. The molecule has 0 aliphatic heterocycles. The molecule has 0 radical (unpaired) electrons. The van der Waals surface area contributed by atoms with Crippen LogP contribution in [0.1, 0.15) is 0 Å². The van der Waals surface area contributed by atoms with E-state index in [9.17, 15) is 0 Å². The minimum absolute atomic E-state index is 0.573. The van der Waals surface area contributed by atoms with Gasteiger partial charge in [0.15, 0.2) is 23.2 Å². The van der Waals surface area contributed by atoms with E-state index in [0.717, 1.165) is 88.7 Å². The van der Waals surface area contributed by atoms with Crippen molar-refractivity contribution in [2.75, 3.05) is 0 Å². The van der Waals surface area contributed by atoms with E-state index in [2.05, 4.69) is 179 Å². The first-order valence-corrected chi connectivity index (χ1v) is 21.0. The number of nitrogens with zero attached hydrogens (tertiary/aromatic N) is 5. The molecule has 0 saturated heterocycles. The zero-order chi connectivity index (χ0) is 42.1. The Morgan fingerprint density at radius 2 is 0.683 bits per heavy atom. The van der Waals surface area contributed by atoms with Gasteiger partial charge in [0, 0.05) is 33.2 Å². The molecule has 9 aromatic carbocycles. The lowest BCUT2D eigenvalue weighted by Gasteiger charge is -2.21. The van der Waals surface area contributed by atoms with E-state index in [1.807, 2.05) is 54.6 Å². The summed E-state index contributed by atoms with van der Waals surface area (Å²) in [6.07, 6.45) is 0. The van der Waals surface area contributed by atoms with Gasteiger partial charge in [-0.2, -0.15) is 0 Å². The van der Waals surface area contributed by atoms with Crippen molar-refractivity contribution in [3.8, 4) is 84.4 Å².